The van der Waals surface area contributed by atoms with Crippen LogP contribution in [0.1, 0.15) is 43.8 Å². The molecular weight excluding hydrogens is 319 g/mol. The molecule has 4 heterocycles. The Morgan fingerprint density at radius 3 is 2.80 bits per heavy atom. The minimum atomic E-state index is -0.393. The molecule has 7 heteroatoms. The maximum atomic E-state index is 15.0. The fraction of sp³-hybridized carbons (Fsp3) is 0.500. The first kappa shape index (κ1) is 15.9. The molecule has 4 rings (SSSR count). The van der Waals surface area contributed by atoms with E-state index in [1.54, 1.807) is 11.0 Å². The largest absolute Gasteiger partial charge is 0.357 e. The van der Waals surface area contributed by atoms with Gasteiger partial charge in [-0.05, 0) is 44.2 Å². The zero-order chi connectivity index (χ0) is 17.2. The number of nitriles is 1. The molecule has 2 aromatic heterocycles. The molecule has 0 bridgehead atoms. The first-order valence-corrected chi connectivity index (χ1v) is 8.90. The second-order valence-electron chi connectivity index (χ2n) is 6.68. The van der Waals surface area contributed by atoms with Gasteiger partial charge in [0.2, 0.25) is 0 Å². The third kappa shape index (κ3) is 2.93. The number of hydrogen-bond donors (Lipinski definition) is 1. The summed E-state index contributed by atoms with van der Waals surface area (Å²) < 4.78 is 15.0. The minimum absolute atomic E-state index is 0.235. The Morgan fingerprint density at radius 1 is 1.16 bits per heavy atom. The number of anilines is 1. The van der Waals surface area contributed by atoms with Gasteiger partial charge in [0.15, 0.2) is 12.0 Å². The van der Waals surface area contributed by atoms with Crippen molar-refractivity contribution >= 4 is 5.82 Å². The second kappa shape index (κ2) is 6.71. The molecule has 0 amide bonds. The van der Waals surface area contributed by atoms with Crippen molar-refractivity contribution in [2.75, 3.05) is 24.5 Å². The molecule has 130 valence electrons. The molecule has 2 aliphatic heterocycles. The molecule has 2 aromatic rings. The van der Waals surface area contributed by atoms with Gasteiger partial charge in [0.05, 0.1) is 17.4 Å². The molecule has 1 N–H and O–H groups in total. The number of aromatic amines is 1. The molecule has 2 aliphatic rings. The van der Waals surface area contributed by atoms with Gasteiger partial charge in [-0.25, -0.2) is 9.37 Å². The molecule has 2 fully saturated rings. The third-order valence-electron chi connectivity index (χ3n) is 5.10. The minimum Gasteiger partial charge on any atom is -0.357 e. The van der Waals surface area contributed by atoms with Gasteiger partial charge in [0, 0.05) is 19.6 Å². The number of pyridine rings is 1. The summed E-state index contributed by atoms with van der Waals surface area (Å²) in [5.41, 5.74) is 1.16. The average Bonchev–Trinajstić information content (AvgIpc) is 3.28. The zero-order valence-corrected chi connectivity index (χ0v) is 14.1. The highest BCUT2D eigenvalue weighted by molar-refractivity contribution is 5.59. The number of likely N-dealkylation sites (tertiary alicyclic amines) is 1. The molecular formula is C18H21FN6. The zero-order valence-electron chi connectivity index (χ0n) is 14.1. The Labute approximate surface area is 146 Å². The Hall–Kier alpha value is -2.62. The van der Waals surface area contributed by atoms with E-state index in [4.69, 9.17) is 0 Å². The highest BCUT2D eigenvalue weighted by Crippen LogP contribution is 2.34. The van der Waals surface area contributed by atoms with Crippen LogP contribution in [0.15, 0.2) is 18.2 Å². The molecule has 0 aromatic carbocycles. The molecule has 25 heavy (non-hydrogen) atoms. The number of H-pyrrole nitrogens is 1. The quantitative estimate of drug-likeness (QED) is 0.869. The number of piperidine rings is 1. The summed E-state index contributed by atoms with van der Waals surface area (Å²) in [5, 5.41) is 16.2. The number of aromatic nitrogens is 3. The summed E-state index contributed by atoms with van der Waals surface area (Å²) in [6.45, 7) is 2.64. The number of halogens is 1. The molecule has 6 nitrogen and oxygen atoms in total. The Balaban J connectivity index is 1.63. The molecule has 0 aliphatic carbocycles. The predicted molar refractivity (Wildman–Crippen MR) is 92.1 cm³/mol. The van der Waals surface area contributed by atoms with Gasteiger partial charge < -0.3 is 9.80 Å². The standard InChI is InChI=1S/C18H21FN6/c19-16-17(22-23-18(16)14-7-5-11-25(14)12-20)13-6-4-8-15(21-13)24-9-2-1-3-10-24/h4,6,8,14H,1-3,5,7,9-11H2,(H,22,23). The van der Waals surface area contributed by atoms with Gasteiger partial charge in [0.1, 0.15) is 11.5 Å². The summed E-state index contributed by atoms with van der Waals surface area (Å²) in [6.07, 6.45) is 7.36. The maximum Gasteiger partial charge on any atom is 0.179 e. The van der Waals surface area contributed by atoms with Crippen molar-refractivity contribution in [3.05, 3.63) is 29.7 Å². The lowest BCUT2D eigenvalue weighted by atomic mass is 10.1. The van der Waals surface area contributed by atoms with E-state index in [9.17, 15) is 9.65 Å². The van der Waals surface area contributed by atoms with E-state index in [1.807, 2.05) is 12.1 Å². The van der Waals surface area contributed by atoms with Gasteiger partial charge in [-0.15, -0.1) is 0 Å². The highest BCUT2D eigenvalue weighted by Gasteiger charge is 2.31. The SMILES string of the molecule is N#CN1CCCC1c1[nH]nc(-c2cccc(N3CCCCC3)n2)c1F. The fourth-order valence-electron chi connectivity index (χ4n) is 3.77. The molecule has 0 saturated carbocycles. The summed E-state index contributed by atoms with van der Waals surface area (Å²) in [5.74, 6) is 0.483. The second-order valence-corrected chi connectivity index (χ2v) is 6.68. The van der Waals surface area contributed by atoms with Crippen molar-refractivity contribution in [2.24, 2.45) is 0 Å². The molecule has 2 saturated heterocycles. The van der Waals surface area contributed by atoms with E-state index in [-0.39, 0.29) is 11.7 Å². The topological polar surface area (TPSA) is 71.8 Å². The first-order chi connectivity index (χ1) is 12.3. The fourth-order valence-corrected chi connectivity index (χ4v) is 3.77. The first-order valence-electron chi connectivity index (χ1n) is 8.90. The van der Waals surface area contributed by atoms with Crippen LogP contribution in [-0.2, 0) is 0 Å². The van der Waals surface area contributed by atoms with Crippen LogP contribution in [0.2, 0.25) is 0 Å². The van der Waals surface area contributed by atoms with Crippen LogP contribution in [0.25, 0.3) is 11.4 Å². The molecule has 0 radical (unpaired) electrons. The van der Waals surface area contributed by atoms with Crippen LogP contribution < -0.4 is 4.90 Å². The number of rotatable bonds is 3. The van der Waals surface area contributed by atoms with Crippen LogP contribution in [-0.4, -0.2) is 39.7 Å². The van der Waals surface area contributed by atoms with Crippen molar-refractivity contribution in [1.29, 1.82) is 5.26 Å². The lowest BCUT2D eigenvalue weighted by Gasteiger charge is -2.27. The van der Waals surface area contributed by atoms with Gasteiger partial charge in [-0.3, -0.25) is 5.10 Å². The normalized spacial score (nSPS) is 20.7. The summed E-state index contributed by atoms with van der Waals surface area (Å²) in [6, 6.07) is 5.40. The molecule has 0 spiro atoms. The van der Waals surface area contributed by atoms with E-state index in [1.165, 1.54) is 19.3 Å². The van der Waals surface area contributed by atoms with Gasteiger partial charge in [-0.1, -0.05) is 6.07 Å². The Morgan fingerprint density at radius 2 is 2.00 bits per heavy atom. The summed E-state index contributed by atoms with van der Waals surface area (Å²) in [4.78, 5) is 8.48. The van der Waals surface area contributed by atoms with Crippen LogP contribution in [0.4, 0.5) is 10.2 Å². The van der Waals surface area contributed by atoms with Crippen molar-refractivity contribution in [1.82, 2.24) is 20.1 Å². The van der Waals surface area contributed by atoms with Crippen LogP contribution in [0, 0.1) is 17.3 Å². The van der Waals surface area contributed by atoms with Crippen molar-refractivity contribution in [3.63, 3.8) is 0 Å². The summed E-state index contributed by atoms with van der Waals surface area (Å²) in [7, 11) is 0. The maximum absolute atomic E-state index is 15.0. The summed E-state index contributed by atoms with van der Waals surface area (Å²) >= 11 is 0. The Bertz CT molecular complexity index is 789. The van der Waals surface area contributed by atoms with Gasteiger partial charge >= 0.3 is 0 Å². The van der Waals surface area contributed by atoms with E-state index in [2.05, 4.69) is 26.3 Å². The van der Waals surface area contributed by atoms with Gasteiger partial charge in [-0.2, -0.15) is 10.4 Å². The predicted octanol–water partition coefficient (Wildman–Crippen LogP) is 3.22. The van der Waals surface area contributed by atoms with E-state index < -0.39 is 5.82 Å². The smallest absolute Gasteiger partial charge is 0.179 e. The number of hydrogen-bond acceptors (Lipinski definition) is 5. The van der Waals surface area contributed by atoms with E-state index >= 15 is 0 Å². The van der Waals surface area contributed by atoms with Crippen molar-refractivity contribution < 1.29 is 4.39 Å². The van der Waals surface area contributed by atoms with Crippen LogP contribution in [0.3, 0.4) is 0 Å². The average molecular weight is 340 g/mol. The third-order valence-corrected chi connectivity index (χ3v) is 5.10. The monoisotopic (exact) mass is 340 g/mol. The Kier molecular flexibility index (Phi) is 4.26. The van der Waals surface area contributed by atoms with Crippen LogP contribution in [0.5, 0.6) is 0 Å². The van der Waals surface area contributed by atoms with Crippen LogP contribution >= 0.6 is 0 Å². The lowest BCUT2D eigenvalue weighted by molar-refractivity contribution is 0.357. The van der Waals surface area contributed by atoms with Gasteiger partial charge in [0.25, 0.3) is 0 Å². The van der Waals surface area contributed by atoms with E-state index in [0.29, 0.717) is 17.9 Å². The number of nitrogens with one attached hydrogen (secondary N) is 1. The molecule has 1 unspecified atom stereocenters. The lowest BCUT2D eigenvalue weighted by Crippen LogP contribution is -2.30. The van der Waals surface area contributed by atoms with Crippen molar-refractivity contribution in [2.45, 2.75) is 38.1 Å². The number of nitrogens with zero attached hydrogens (tertiary/aromatic N) is 5. The highest BCUT2D eigenvalue weighted by atomic mass is 19.1. The van der Waals surface area contributed by atoms with Crippen molar-refractivity contribution in [3.8, 4) is 17.6 Å². The molecule has 1 atom stereocenters. The van der Waals surface area contributed by atoms with E-state index in [0.717, 1.165) is 31.7 Å².